The van der Waals surface area contributed by atoms with Crippen LogP contribution in [0.25, 0.3) is 17.0 Å². The molecular formula is C14H16N4O3. The van der Waals surface area contributed by atoms with Crippen molar-refractivity contribution in [2.75, 3.05) is 18.5 Å². The van der Waals surface area contributed by atoms with Crippen molar-refractivity contribution in [1.29, 1.82) is 0 Å². The second-order valence-corrected chi connectivity index (χ2v) is 4.89. The molecule has 1 fully saturated rings. The van der Waals surface area contributed by atoms with Crippen molar-refractivity contribution in [1.82, 2.24) is 15.2 Å². The number of pyridine rings is 1. The van der Waals surface area contributed by atoms with Gasteiger partial charge in [0, 0.05) is 31.5 Å². The number of fused-ring (bicyclic) bond motifs is 1. The molecule has 3 rings (SSSR count). The molecule has 21 heavy (non-hydrogen) atoms. The van der Waals surface area contributed by atoms with Gasteiger partial charge >= 0.3 is 5.97 Å². The lowest BCUT2D eigenvalue weighted by atomic mass is 10.1. The molecule has 0 atom stereocenters. The van der Waals surface area contributed by atoms with Gasteiger partial charge < -0.3 is 15.2 Å². The second-order valence-electron chi connectivity index (χ2n) is 4.89. The Morgan fingerprint density at radius 3 is 3.05 bits per heavy atom. The molecule has 3 N–H and O–H groups in total. The summed E-state index contributed by atoms with van der Waals surface area (Å²) in [5.41, 5.74) is 1.39. The topological polar surface area (TPSA) is 100 Å². The number of anilines is 1. The van der Waals surface area contributed by atoms with Crippen molar-refractivity contribution in [3.05, 3.63) is 24.0 Å². The van der Waals surface area contributed by atoms with Crippen LogP contribution in [-0.4, -0.2) is 45.5 Å². The van der Waals surface area contributed by atoms with Crippen LogP contribution in [0.1, 0.15) is 18.5 Å². The van der Waals surface area contributed by atoms with Gasteiger partial charge in [-0.05, 0) is 25.0 Å². The van der Waals surface area contributed by atoms with Crippen LogP contribution < -0.4 is 5.32 Å². The van der Waals surface area contributed by atoms with E-state index in [1.807, 2.05) is 6.07 Å². The Morgan fingerprint density at radius 2 is 2.29 bits per heavy atom. The van der Waals surface area contributed by atoms with Gasteiger partial charge in [0.25, 0.3) is 0 Å². The van der Waals surface area contributed by atoms with Crippen LogP contribution >= 0.6 is 0 Å². The van der Waals surface area contributed by atoms with Crippen LogP contribution in [0.5, 0.6) is 0 Å². The molecular weight excluding hydrogens is 272 g/mol. The summed E-state index contributed by atoms with van der Waals surface area (Å²) in [5.74, 6) is -0.285. The molecule has 0 saturated carbocycles. The molecule has 0 aliphatic carbocycles. The number of hydrogen-bond acceptors (Lipinski definition) is 5. The summed E-state index contributed by atoms with van der Waals surface area (Å²) >= 11 is 0. The van der Waals surface area contributed by atoms with Gasteiger partial charge in [-0.25, -0.2) is 9.78 Å². The van der Waals surface area contributed by atoms with Crippen molar-refractivity contribution in [3.8, 4) is 0 Å². The van der Waals surface area contributed by atoms with E-state index in [2.05, 4.69) is 20.5 Å². The molecule has 7 heteroatoms. The Balaban J connectivity index is 1.93. The molecule has 0 unspecified atom stereocenters. The second kappa shape index (κ2) is 5.92. The van der Waals surface area contributed by atoms with Gasteiger partial charge in [0.1, 0.15) is 5.82 Å². The van der Waals surface area contributed by atoms with E-state index in [1.165, 1.54) is 6.08 Å². The molecule has 0 spiro atoms. The number of hydrogen-bond donors (Lipinski definition) is 3. The molecule has 0 amide bonds. The monoisotopic (exact) mass is 288 g/mol. The Hall–Kier alpha value is -2.41. The minimum Gasteiger partial charge on any atom is -0.478 e. The lowest BCUT2D eigenvalue weighted by molar-refractivity contribution is -0.131. The number of carbonyl (C=O) groups is 1. The highest BCUT2D eigenvalue weighted by molar-refractivity contribution is 5.97. The molecule has 1 aliphatic rings. The maximum Gasteiger partial charge on any atom is 0.328 e. The van der Waals surface area contributed by atoms with E-state index in [0.717, 1.165) is 48.9 Å². The molecule has 1 saturated heterocycles. The smallest absolute Gasteiger partial charge is 0.328 e. The Bertz CT molecular complexity index is 674. The van der Waals surface area contributed by atoms with Gasteiger partial charge in [0.2, 0.25) is 0 Å². The van der Waals surface area contributed by atoms with Crippen LogP contribution in [-0.2, 0) is 9.53 Å². The third-order valence-electron chi connectivity index (χ3n) is 3.45. The highest BCUT2D eigenvalue weighted by Gasteiger charge is 2.17. The summed E-state index contributed by atoms with van der Waals surface area (Å²) in [7, 11) is 0. The first-order valence-corrected chi connectivity index (χ1v) is 6.82. The van der Waals surface area contributed by atoms with E-state index >= 15 is 0 Å². The molecule has 0 bridgehead atoms. The number of nitrogens with one attached hydrogen (secondary N) is 2. The molecule has 7 nitrogen and oxygen atoms in total. The Kier molecular flexibility index (Phi) is 3.83. The van der Waals surface area contributed by atoms with Gasteiger partial charge in [-0.3, -0.25) is 5.10 Å². The molecule has 110 valence electrons. The summed E-state index contributed by atoms with van der Waals surface area (Å²) in [6.45, 7) is 1.48. The highest BCUT2D eigenvalue weighted by Crippen LogP contribution is 2.25. The van der Waals surface area contributed by atoms with Crippen LogP contribution in [0, 0.1) is 0 Å². The average Bonchev–Trinajstić information content (AvgIpc) is 2.90. The van der Waals surface area contributed by atoms with E-state index < -0.39 is 5.97 Å². The number of H-pyrrole nitrogens is 1. The third-order valence-corrected chi connectivity index (χ3v) is 3.45. The van der Waals surface area contributed by atoms with Gasteiger partial charge in [0.15, 0.2) is 0 Å². The number of carboxylic acids is 1. The third kappa shape index (κ3) is 3.03. The number of carboxylic acid groups (broad SMARTS) is 1. The minimum absolute atomic E-state index is 0.308. The van der Waals surface area contributed by atoms with Gasteiger partial charge in [-0.1, -0.05) is 0 Å². The summed E-state index contributed by atoms with van der Waals surface area (Å²) in [6.07, 6.45) is 6.10. The lowest BCUT2D eigenvalue weighted by Gasteiger charge is -2.23. The average molecular weight is 288 g/mol. The maximum absolute atomic E-state index is 10.7. The standard InChI is InChI=1S/C14H16N4O3/c19-12(20)2-1-10-13-11(18-17-10)3-6-15-14(13)16-9-4-7-21-8-5-9/h1-3,6,9H,4-5,7-8H2,(H,15,16)(H,17,18)(H,19,20). The number of aliphatic carboxylic acids is 1. The predicted octanol–water partition coefficient (Wildman–Crippen LogP) is 1.65. The largest absolute Gasteiger partial charge is 0.478 e. The summed E-state index contributed by atoms with van der Waals surface area (Å²) in [5, 5.41) is 20.0. The fourth-order valence-electron chi connectivity index (χ4n) is 2.41. The Labute approximate surface area is 121 Å². The SMILES string of the molecule is O=C(O)C=Cc1n[nH]c2ccnc(NC3CCOCC3)c12. The normalized spacial score (nSPS) is 16.6. The van der Waals surface area contributed by atoms with Crippen molar-refractivity contribution >= 4 is 28.8 Å². The molecule has 0 radical (unpaired) electrons. The zero-order valence-corrected chi connectivity index (χ0v) is 11.4. The molecule has 2 aromatic rings. The van der Waals surface area contributed by atoms with Crippen LogP contribution in [0.4, 0.5) is 5.82 Å². The summed E-state index contributed by atoms with van der Waals surface area (Å²) in [4.78, 5) is 15.0. The number of ether oxygens (including phenoxy) is 1. The van der Waals surface area contributed by atoms with Crippen molar-refractivity contribution in [3.63, 3.8) is 0 Å². The van der Waals surface area contributed by atoms with Crippen LogP contribution in [0.2, 0.25) is 0 Å². The zero-order chi connectivity index (χ0) is 14.7. The molecule has 3 heterocycles. The van der Waals surface area contributed by atoms with Gasteiger partial charge in [-0.2, -0.15) is 5.10 Å². The predicted molar refractivity (Wildman–Crippen MR) is 78.0 cm³/mol. The minimum atomic E-state index is -1.01. The van der Waals surface area contributed by atoms with E-state index in [1.54, 1.807) is 6.20 Å². The number of rotatable bonds is 4. The van der Waals surface area contributed by atoms with Gasteiger partial charge in [0.05, 0.1) is 16.6 Å². The zero-order valence-electron chi connectivity index (χ0n) is 11.4. The van der Waals surface area contributed by atoms with Crippen LogP contribution in [0.15, 0.2) is 18.3 Å². The van der Waals surface area contributed by atoms with E-state index in [9.17, 15) is 4.79 Å². The Morgan fingerprint density at radius 1 is 1.48 bits per heavy atom. The summed E-state index contributed by atoms with van der Waals surface area (Å²) < 4.78 is 5.34. The fourth-order valence-corrected chi connectivity index (χ4v) is 2.41. The molecule has 0 aromatic carbocycles. The molecule has 1 aliphatic heterocycles. The first kappa shape index (κ1) is 13.6. The van der Waals surface area contributed by atoms with Crippen molar-refractivity contribution in [2.24, 2.45) is 0 Å². The summed E-state index contributed by atoms with van der Waals surface area (Å²) in [6, 6.07) is 2.12. The molecule has 2 aromatic heterocycles. The number of aromatic amines is 1. The number of nitrogens with zero attached hydrogens (tertiary/aromatic N) is 2. The fraction of sp³-hybridized carbons (Fsp3) is 0.357. The van der Waals surface area contributed by atoms with Crippen molar-refractivity contribution in [2.45, 2.75) is 18.9 Å². The quantitative estimate of drug-likeness (QED) is 0.740. The van der Waals surface area contributed by atoms with Crippen molar-refractivity contribution < 1.29 is 14.6 Å². The van der Waals surface area contributed by atoms with E-state index in [0.29, 0.717) is 11.7 Å². The van der Waals surface area contributed by atoms with Crippen LogP contribution in [0.3, 0.4) is 0 Å². The number of aromatic nitrogens is 3. The van der Waals surface area contributed by atoms with Gasteiger partial charge in [-0.15, -0.1) is 0 Å². The lowest BCUT2D eigenvalue weighted by Crippen LogP contribution is -2.28. The first-order valence-electron chi connectivity index (χ1n) is 6.82. The highest BCUT2D eigenvalue weighted by atomic mass is 16.5. The van der Waals surface area contributed by atoms with E-state index in [-0.39, 0.29) is 0 Å². The maximum atomic E-state index is 10.7. The van der Waals surface area contributed by atoms with E-state index in [4.69, 9.17) is 9.84 Å². The first-order chi connectivity index (χ1) is 10.2.